The van der Waals surface area contributed by atoms with Gasteiger partial charge in [-0.15, -0.1) is 0 Å². The Balaban J connectivity index is 2.98. The summed E-state index contributed by atoms with van der Waals surface area (Å²) in [5.74, 6) is 0. The summed E-state index contributed by atoms with van der Waals surface area (Å²) in [5.41, 5.74) is 6.58. The fourth-order valence-corrected chi connectivity index (χ4v) is 1.04. The number of nitrogens with zero attached hydrogens (tertiary/aromatic N) is 1. The molecule has 0 aliphatic carbocycles. The van der Waals surface area contributed by atoms with Crippen LogP contribution < -0.4 is 5.73 Å². The lowest BCUT2D eigenvalue weighted by Gasteiger charge is -2.02. The van der Waals surface area contributed by atoms with Gasteiger partial charge in [-0.25, -0.2) is 0 Å². The zero-order valence-electron chi connectivity index (χ0n) is 6.93. The lowest BCUT2D eigenvalue weighted by Crippen LogP contribution is -1.98. The molecule has 3 N–H and O–H groups in total. The van der Waals surface area contributed by atoms with E-state index in [0.717, 1.165) is 5.56 Å². The largest absolute Gasteiger partial charge is 0.398 e. The predicted molar refractivity (Wildman–Crippen MR) is 48.3 cm³/mol. The Bertz CT molecular complexity index is 325. The van der Waals surface area contributed by atoms with Crippen LogP contribution in [0.2, 0.25) is 0 Å². The molecule has 70 valence electrons. The minimum absolute atomic E-state index is 0.0119. The van der Waals surface area contributed by atoms with Crippen molar-refractivity contribution in [3.63, 3.8) is 0 Å². The van der Waals surface area contributed by atoms with Crippen LogP contribution in [0.15, 0.2) is 18.2 Å². The minimum Gasteiger partial charge on any atom is -0.398 e. The van der Waals surface area contributed by atoms with Crippen molar-refractivity contribution >= 4 is 11.4 Å². The van der Waals surface area contributed by atoms with Gasteiger partial charge in [0.2, 0.25) is 0 Å². The van der Waals surface area contributed by atoms with Crippen LogP contribution in [0.1, 0.15) is 5.56 Å². The molecule has 0 aliphatic heterocycles. The van der Waals surface area contributed by atoms with E-state index >= 15 is 0 Å². The maximum absolute atomic E-state index is 10.3. The first-order chi connectivity index (χ1) is 6.15. The van der Waals surface area contributed by atoms with E-state index < -0.39 is 4.92 Å². The molecule has 0 bridgehead atoms. The summed E-state index contributed by atoms with van der Waals surface area (Å²) in [6.07, 6.45) is 0.420. The number of non-ortho nitro benzene ring substituents is 1. The second kappa shape index (κ2) is 3.86. The number of rotatable bonds is 3. The third-order valence-corrected chi connectivity index (χ3v) is 1.72. The van der Waals surface area contributed by atoms with Crippen molar-refractivity contribution in [1.82, 2.24) is 0 Å². The summed E-state index contributed by atoms with van der Waals surface area (Å²) in [6.45, 7) is -0.0119. The average Bonchev–Trinajstić information content (AvgIpc) is 2.08. The SMILES string of the molecule is Nc1cc([N+](=O)[O-])ccc1CCO. The third kappa shape index (κ3) is 2.16. The lowest BCUT2D eigenvalue weighted by molar-refractivity contribution is -0.384. The number of anilines is 1. The van der Waals surface area contributed by atoms with Gasteiger partial charge in [-0.2, -0.15) is 0 Å². The fourth-order valence-electron chi connectivity index (χ4n) is 1.04. The van der Waals surface area contributed by atoms with Gasteiger partial charge in [0.05, 0.1) is 4.92 Å². The number of nitrogens with two attached hydrogens (primary N) is 1. The van der Waals surface area contributed by atoms with Gasteiger partial charge in [0.15, 0.2) is 0 Å². The van der Waals surface area contributed by atoms with Crippen LogP contribution in [0.3, 0.4) is 0 Å². The molecule has 0 spiro atoms. The van der Waals surface area contributed by atoms with E-state index in [4.69, 9.17) is 10.8 Å². The van der Waals surface area contributed by atoms with Crippen LogP contribution in [0.5, 0.6) is 0 Å². The predicted octanol–water partition coefficient (Wildman–Crippen LogP) is 0.712. The second-order valence-corrected chi connectivity index (χ2v) is 2.61. The van der Waals surface area contributed by atoms with Crippen molar-refractivity contribution in [3.8, 4) is 0 Å². The molecule has 0 saturated heterocycles. The Hall–Kier alpha value is -1.62. The molecule has 13 heavy (non-hydrogen) atoms. The molecule has 0 atom stereocenters. The fraction of sp³-hybridized carbons (Fsp3) is 0.250. The quantitative estimate of drug-likeness (QED) is 0.409. The Morgan fingerprint density at radius 2 is 2.23 bits per heavy atom. The molecular formula is C8H10N2O3. The van der Waals surface area contributed by atoms with E-state index in [1.54, 1.807) is 6.07 Å². The van der Waals surface area contributed by atoms with Crippen LogP contribution in [0.4, 0.5) is 11.4 Å². The first-order valence-electron chi connectivity index (χ1n) is 3.79. The number of hydrogen-bond acceptors (Lipinski definition) is 4. The third-order valence-electron chi connectivity index (χ3n) is 1.72. The smallest absolute Gasteiger partial charge is 0.271 e. The molecule has 1 aromatic carbocycles. The highest BCUT2D eigenvalue weighted by molar-refractivity contribution is 5.53. The van der Waals surface area contributed by atoms with E-state index in [1.165, 1.54) is 12.1 Å². The number of aliphatic hydroxyl groups is 1. The Kier molecular flexibility index (Phi) is 2.81. The molecule has 0 radical (unpaired) electrons. The van der Waals surface area contributed by atoms with E-state index in [1.807, 2.05) is 0 Å². The number of nitrogen functional groups attached to an aromatic ring is 1. The second-order valence-electron chi connectivity index (χ2n) is 2.61. The van der Waals surface area contributed by atoms with Gasteiger partial charge in [0, 0.05) is 24.4 Å². The van der Waals surface area contributed by atoms with Gasteiger partial charge in [0.1, 0.15) is 0 Å². The molecule has 0 unspecified atom stereocenters. The number of nitro benzene ring substituents is 1. The summed E-state index contributed by atoms with van der Waals surface area (Å²) in [5, 5.41) is 19.0. The van der Waals surface area contributed by atoms with Crippen LogP contribution in [-0.2, 0) is 6.42 Å². The Morgan fingerprint density at radius 1 is 1.54 bits per heavy atom. The molecule has 0 saturated carbocycles. The molecular weight excluding hydrogens is 172 g/mol. The monoisotopic (exact) mass is 182 g/mol. The molecule has 0 aromatic heterocycles. The van der Waals surface area contributed by atoms with Gasteiger partial charge in [0.25, 0.3) is 5.69 Å². The van der Waals surface area contributed by atoms with Gasteiger partial charge in [-0.1, -0.05) is 6.07 Å². The average molecular weight is 182 g/mol. The molecule has 5 nitrogen and oxygen atoms in total. The van der Waals surface area contributed by atoms with Crippen LogP contribution in [-0.4, -0.2) is 16.6 Å². The summed E-state index contributed by atoms with van der Waals surface area (Å²) in [4.78, 5) is 9.82. The lowest BCUT2D eigenvalue weighted by atomic mass is 10.1. The van der Waals surface area contributed by atoms with Crippen LogP contribution in [0, 0.1) is 10.1 Å². The van der Waals surface area contributed by atoms with Crippen molar-refractivity contribution in [2.45, 2.75) is 6.42 Å². The number of aliphatic hydroxyl groups excluding tert-OH is 1. The van der Waals surface area contributed by atoms with Crippen LogP contribution in [0.25, 0.3) is 0 Å². The first-order valence-corrected chi connectivity index (χ1v) is 3.79. The van der Waals surface area contributed by atoms with Crippen molar-refractivity contribution in [1.29, 1.82) is 0 Å². The van der Waals surface area contributed by atoms with Crippen molar-refractivity contribution in [2.75, 3.05) is 12.3 Å². The summed E-state index contributed by atoms with van der Waals surface area (Å²) in [7, 11) is 0. The zero-order valence-corrected chi connectivity index (χ0v) is 6.93. The Morgan fingerprint density at radius 3 is 2.69 bits per heavy atom. The standard InChI is InChI=1S/C8H10N2O3/c9-8-5-7(10(12)13)2-1-6(8)3-4-11/h1-2,5,11H,3-4,9H2. The van der Waals surface area contributed by atoms with E-state index in [-0.39, 0.29) is 12.3 Å². The van der Waals surface area contributed by atoms with Gasteiger partial charge < -0.3 is 10.8 Å². The highest BCUT2D eigenvalue weighted by Crippen LogP contribution is 2.19. The first kappa shape index (κ1) is 9.47. The number of hydrogen-bond donors (Lipinski definition) is 2. The molecule has 5 heteroatoms. The van der Waals surface area contributed by atoms with E-state index in [9.17, 15) is 10.1 Å². The molecule has 1 rings (SSSR count). The molecule has 1 aromatic rings. The van der Waals surface area contributed by atoms with Crippen LogP contribution >= 0.6 is 0 Å². The maximum Gasteiger partial charge on any atom is 0.271 e. The maximum atomic E-state index is 10.3. The summed E-state index contributed by atoms with van der Waals surface area (Å²) >= 11 is 0. The highest BCUT2D eigenvalue weighted by Gasteiger charge is 2.07. The number of benzene rings is 1. The van der Waals surface area contributed by atoms with Gasteiger partial charge >= 0.3 is 0 Å². The highest BCUT2D eigenvalue weighted by atomic mass is 16.6. The molecule has 0 fully saturated rings. The summed E-state index contributed by atoms with van der Waals surface area (Å²) < 4.78 is 0. The van der Waals surface area contributed by atoms with Crippen molar-refractivity contribution < 1.29 is 10.0 Å². The molecule has 0 heterocycles. The number of nitro groups is 1. The van der Waals surface area contributed by atoms with E-state index in [2.05, 4.69) is 0 Å². The topological polar surface area (TPSA) is 89.4 Å². The normalized spacial score (nSPS) is 9.92. The minimum atomic E-state index is -0.501. The zero-order chi connectivity index (χ0) is 9.84. The molecule has 0 aliphatic rings. The van der Waals surface area contributed by atoms with Crippen molar-refractivity contribution in [2.24, 2.45) is 0 Å². The van der Waals surface area contributed by atoms with Crippen molar-refractivity contribution in [3.05, 3.63) is 33.9 Å². The Labute approximate surface area is 74.9 Å². The van der Waals surface area contributed by atoms with Gasteiger partial charge in [-0.3, -0.25) is 10.1 Å². The van der Waals surface area contributed by atoms with Gasteiger partial charge in [-0.05, 0) is 12.0 Å². The summed E-state index contributed by atoms with van der Waals surface area (Å²) in [6, 6.07) is 4.23. The molecule has 0 amide bonds. The van der Waals surface area contributed by atoms with E-state index in [0.29, 0.717) is 12.1 Å².